The predicted octanol–water partition coefficient (Wildman–Crippen LogP) is 1.61. The average Bonchev–Trinajstić information content (AvgIpc) is 3.10. The van der Waals surface area contributed by atoms with Gasteiger partial charge in [-0.3, -0.25) is 0 Å². The Bertz CT molecular complexity index is 571. The third kappa shape index (κ3) is 1.64. The second-order valence-corrected chi connectivity index (χ2v) is 5.35. The van der Waals surface area contributed by atoms with Crippen molar-refractivity contribution < 1.29 is 5.11 Å². The quantitative estimate of drug-likeness (QED) is 0.860. The number of nitrogens with zero attached hydrogens (tertiary/aromatic N) is 2. The van der Waals surface area contributed by atoms with Gasteiger partial charge in [0.25, 0.3) is 0 Å². The molecule has 1 aromatic carbocycles. The van der Waals surface area contributed by atoms with Gasteiger partial charge in [-0.05, 0) is 37.6 Å². The Labute approximate surface area is 107 Å². The Hall–Kier alpha value is -1.39. The topological polar surface area (TPSA) is 50.1 Å². The minimum Gasteiger partial charge on any atom is -0.396 e. The fourth-order valence-corrected chi connectivity index (χ4v) is 2.86. The van der Waals surface area contributed by atoms with Gasteiger partial charge in [-0.25, -0.2) is 4.98 Å². The van der Waals surface area contributed by atoms with Crippen LogP contribution in [0.5, 0.6) is 0 Å². The lowest BCUT2D eigenvalue weighted by atomic mass is 9.90. The van der Waals surface area contributed by atoms with Crippen LogP contribution in [0.25, 0.3) is 11.0 Å². The van der Waals surface area contributed by atoms with E-state index in [1.807, 2.05) is 25.0 Å². The van der Waals surface area contributed by atoms with Gasteiger partial charge in [0.15, 0.2) is 0 Å². The van der Waals surface area contributed by atoms with Crippen LogP contribution in [0.1, 0.15) is 24.4 Å². The normalized spacial score (nSPS) is 19.1. The summed E-state index contributed by atoms with van der Waals surface area (Å²) in [5.74, 6) is 0. The molecule has 1 aromatic heterocycles. The van der Waals surface area contributed by atoms with Crippen LogP contribution >= 0.6 is 0 Å². The average molecular weight is 245 g/mol. The first-order valence-electron chi connectivity index (χ1n) is 6.39. The lowest BCUT2D eigenvalue weighted by Gasteiger charge is -2.25. The summed E-state index contributed by atoms with van der Waals surface area (Å²) in [4.78, 5) is 4.40. The summed E-state index contributed by atoms with van der Waals surface area (Å²) in [6, 6.07) is 6.59. The minimum absolute atomic E-state index is 0.0389. The highest BCUT2D eigenvalue weighted by atomic mass is 16.3. The maximum atomic E-state index is 9.58. The zero-order valence-electron chi connectivity index (χ0n) is 10.8. The highest BCUT2D eigenvalue weighted by Gasteiger charge is 2.48. The molecule has 1 atom stereocenters. The monoisotopic (exact) mass is 245 g/mol. The number of hydrogen-bond acceptors (Lipinski definition) is 3. The summed E-state index contributed by atoms with van der Waals surface area (Å²) in [7, 11) is 3.96. The summed E-state index contributed by atoms with van der Waals surface area (Å²) in [5.41, 5.74) is 3.42. The predicted molar refractivity (Wildman–Crippen MR) is 71.3 cm³/mol. The van der Waals surface area contributed by atoms with E-state index >= 15 is 0 Å². The maximum absolute atomic E-state index is 9.58. The molecule has 3 rings (SSSR count). The van der Waals surface area contributed by atoms with Crippen molar-refractivity contribution in [2.24, 2.45) is 12.5 Å². The number of aliphatic hydroxyl groups excluding tert-OH is 1. The van der Waals surface area contributed by atoms with Gasteiger partial charge in [0.2, 0.25) is 0 Å². The fraction of sp³-hybridized carbons (Fsp3) is 0.500. The van der Waals surface area contributed by atoms with E-state index < -0.39 is 0 Å². The highest BCUT2D eigenvalue weighted by molar-refractivity contribution is 5.76. The van der Waals surface area contributed by atoms with Crippen LogP contribution < -0.4 is 5.32 Å². The second-order valence-electron chi connectivity index (χ2n) is 5.35. The number of aromatic nitrogens is 2. The summed E-state index contributed by atoms with van der Waals surface area (Å²) < 4.78 is 2.02. The van der Waals surface area contributed by atoms with E-state index in [-0.39, 0.29) is 18.1 Å². The standard InChI is InChI=1S/C14H19N3O/c1-15-13(14(8-18)5-6-14)10-3-4-12-11(7-10)16-9-17(12)2/h3-4,7,9,13,15,18H,5-6,8H2,1-2H3. The van der Waals surface area contributed by atoms with Crippen LogP contribution in [-0.2, 0) is 7.05 Å². The SMILES string of the molecule is CNC(c1ccc2c(c1)ncn2C)C1(CO)CC1. The van der Waals surface area contributed by atoms with E-state index in [4.69, 9.17) is 0 Å². The second kappa shape index (κ2) is 4.07. The molecule has 4 heteroatoms. The van der Waals surface area contributed by atoms with Crippen molar-refractivity contribution in [1.29, 1.82) is 0 Å². The van der Waals surface area contributed by atoms with Crippen molar-refractivity contribution in [2.45, 2.75) is 18.9 Å². The van der Waals surface area contributed by atoms with Crippen LogP contribution in [0, 0.1) is 5.41 Å². The molecule has 96 valence electrons. The zero-order chi connectivity index (χ0) is 12.8. The van der Waals surface area contributed by atoms with E-state index in [0.717, 1.165) is 23.9 Å². The molecule has 2 aromatic rings. The Kier molecular flexibility index (Phi) is 2.64. The Morgan fingerprint density at radius 1 is 1.50 bits per heavy atom. The minimum atomic E-state index is 0.0389. The van der Waals surface area contributed by atoms with E-state index in [0.29, 0.717) is 0 Å². The molecular formula is C14H19N3O. The number of nitrogens with one attached hydrogen (secondary N) is 1. The van der Waals surface area contributed by atoms with Crippen LogP contribution in [0.4, 0.5) is 0 Å². The Balaban J connectivity index is 2.02. The molecule has 1 aliphatic carbocycles. The van der Waals surface area contributed by atoms with E-state index in [9.17, 15) is 5.11 Å². The molecule has 0 saturated heterocycles. The summed E-state index contributed by atoms with van der Waals surface area (Å²) in [6.07, 6.45) is 4.02. The molecule has 0 spiro atoms. The molecule has 0 amide bonds. The van der Waals surface area contributed by atoms with Gasteiger partial charge in [0.1, 0.15) is 0 Å². The molecule has 1 heterocycles. The Morgan fingerprint density at radius 3 is 2.89 bits per heavy atom. The van der Waals surface area contributed by atoms with E-state index in [2.05, 4.69) is 28.5 Å². The Morgan fingerprint density at radius 2 is 2.28 bits per heavy atom. The van der Waals surface area contributed by atoms with Crippen molar-refractivity contribution in [1.82, 2.24) is 14.9 Å². The molecule has 0 aliphatic heterocycles. The first-order chi connectivity index (χ1) is 8.70. The molecule has 0 bridgehead atoms. The third-order valence-electron chi connectivity index (χ3n) is 4.19. The highest BCUT2D eigenvalue weighted by Crippen LogP contribution is 2.54. The third-order valence-corrected chi connectivity index (χ3v) is 4.19. The van der Waals surface area contributed by atoms with Crippen molar-refractivity contribution in [2.75, 3.05) is 13.7 Å². The van der Waals surface area contributed by atoms with Crippen molar-refractivity contribution in [3.63, 3.8) is 0 Å². The van der Waals surface area contributed by atoms with Gasteiger partial charge in [-0.15, -0.1) is 0 Å². The largest absolute Gasteiger partial charge is 0.396 e. The zero-order valence-corrected chi connectivity index (χ0v) is 10.8. The van der Waals surface area contributed by atoms with Crippen LogP contribution in [-0.4, -0.2) is 28.3 Å². The van der Waals surface area contributed by atoms with Crippen LogP contribution in [0.3, 0.4) is 0 Å². The number of imidazole rings is 1. The lowest BCUT2D eigenvalue weighted by molar-refractivity contribution is 0.175. The fourth-order valence-electron chi connectivity index (χ4n) is 2.86. The van der Waals surface area contributed by atoms with Crippen molar-refractivity contribution in [3.05, 3.63) is 30.1 Å². The number of fused-ring (bicyclic) bond motifs is 1. The summed E-state index contributed by atoms with van der Waals surface area (Å²) >= 11 is 0. The number of hydrogen-bond donors (Lipinski definition) is 2. The van der Waals surface area contributed by atoms with Gasteiger partial charge < -0.3 is 15.0 Å². The molecule has 1 aliphatic rings. The smallest absolute Gasteiger partial charge is 0.0955 e. The molecule has 4 nitrogen and oxygen atoms in total. The number of aryl methyl sites for hydroxylation is 1. The maximum Gasteiger partial charge on any atom is 0.0955 e. The number of aliphatic hydroxyl groups is 1. The number of rotatable bonds is 4. The molecular weight excluding hydrogens is 226 g/mol. The van der Waals surface area contributed by atoms with Gasteiger partial charge in [-0.2, -0.15) is 0 Å². The molecule has 1 unspecified atom stereocenters. The van der Waals surface area contributed by atoms with Crippen molar-refractivity contribution in [3.8, 4) is 0 Å². The molecule has 1 saturated carbocycles. The first kappa shape index (κ1) is 11.7. The first-order valence-corrected chi connectivity index (χ1v) is 6.39. The van der Waals surface area contributed by atoms with Gasteiger partial charge in [0.05, 0.1) is 24.0 Å². The molecule has 2 N–H and O–H groups in total. The van der Waals surface area contributed by atoms with Gasteiger partial charge >= 0.3 is 0 Å². The van der Waals surface area contributed by atoms with Crippen LogP contribution in [0.2, 0.25) is 0 Å². The molecule has 18 heavy (non-hydrogen) atoms. The molecule has 0 radical (unpaired) electrons. The number of benzene rings is 1. The van der Waals surface area contributed by atoms with Gasteiger partial charge in [-0.1, -0.05) is 6.07 Å². The van der Waals surface area contributed by atoms with Crippen molar-refractivity contribution >= 4 is 11.0 Å². The van der Waals surface area contributed by atoms with E-state index in [1.165, 1.54) is 5.56 Å². The van der Waals surface area contributed by atoms with E-state index in [1.54, 1.807) is 0 Å². The summed E-state index contributed by atoms with van der Waals surface area (Å²) in [5, 5.41) is 12.9. The summed E-state index contributed by atoms with van der Waals surface area (Å²) in [6.45, 7) is 0.249. The van der Waals surface area contributed by atoms with Crippen LogP contribution in [0.15, 0.2) is 24.5 Å². The molecule has 1 fully saturated rings. The lowest BCUT2D eigenvalue weighted by Crippen LogP contribution is -2.29. The van der Waals surface area contributed by atoms with Gasteiger partial charge in [0, 0.05) is 18.5 Å².